The number of nitrogens with zero attached hydrogens (tertiary/aromatic N) is 2. The van der Waals surface area contributed by atoms with Crippen LogP contribution in [0.4, 0.5) is 0 Å². The number of benzene rings is 1. The monoisotopic (exact) mass is 246 g/mol. The van der Waals surface area contributed by atoms with E-state index in [1.165, 1.54) is 0 Å². The molecule has 1 aromatic carbocycles. The second-order valence-corrected chi connectivity index (χ2v) is 4.64. The molecule has 0 aliphatic rings. The molecule has 0 fully saturated rings. The highest BCUT2D eigenvalue weighted by atomic mass is 16.5. The van der Waals surface area contributed by atoms with E-state index < -0.39 is 11.4 Å². The zero-order valence-electron chi connectivity index (χ0n) is 10.5. The number of carboxylic acid groups (broad SMARTS) is 1. The number of aromatic nitrogens is 2. The first-order chi connectivity index (χ1) is 8.41. The van der Waals surface area contributed by atoms with E-state index in [-0.39, 0.29) is 5.56 Å². The Hall–Kier alpha value is -2.17. The van der Waals surface area contributed by atoms with Gasteiger partial charge in [-0.2, -0.15) is 4.98 Å². The number of aryl methyl sites for hydroxylation is 1. The third kappa shape index (κ3) is 2.11. The van der Waals surface area contributed by atoms with Gasteiger partial charge in [-0.15, -0.1) is 0 Å². The van der Waals surface area contributed by atoms with Crippen LogP contribution in [0.1, 0.15) is 41.5 Å². The van der Waals surface area contributed by atoms with Crippen LogP contribution in [0.2, 0.25) is 0 Å². The molecule has 0 radical (unpaired) electrons. The number of carbonyl (C=O) groups is 1. The largest absolute Gasteiger partial charge is 0.478 e. The van der Waals surface area contributed by atoms with Gasteiger partial charge in [0.05, 0.1) is 11.0 Å². The van der Waals surface area contributed by atoms with Gasteiger partial charge in [-0.3, -0.25) is 0 Å². The molecular formula is C13H14N2O3. The van der Waals surface area contributed by atoms with Gasteiger partial charge in [-0.05, 0) is 31.5 Å². The Morgan fingerprint density at radius 1 is 1.28 bits per heavy atom. The molecule has 1 N–H and O–H groups in total. The van der Waals surface area contributed by atoms with Gasteiger partial charge in [0.25, 0.3) is 0 Å². The highest BCUT2D eigenvalue weighted by molar-refractivity contribution is 5.87. The van der Waals surface area contributed by atoms with E-state index in [0.29, 0.717) is 11.7 Å². The van der Waals surface area contributed by atoms with Gasteiger partial charge in [-0.1, -0.05) is 17.3 Å². The van der Waals surface area contributed by atoms with Crippen molar-refractivity contribution in [2.45, 2.75) is 26.2 Å². The predicted molar refractivity (Wildman–Crippen MR) is 64.6 cm³/mol. The first kappa shape index (κ1) is 12.3. The Morgan fingerprint density at radius 3 is 2.33 bits per heavy atom. The van der Waals surface area contributed by atoms with E-state index in [1.54, 1.807) is 31.2 Å². The minimum absolute atomic E-state index is 0.263. The van der Waals surface area contributed by atoms with Gasteiger partial charge < -0.3 is 9.63 Å². The van der Waals surface area contributed by atoms with Crippen molar-refractivity contribution in [1.29, 1.82) is 0 Å². The lowest BCUT2D eigenvalue weighted by molar-refractivity contribution is 0.0697. The van der Waals surface area contributed by atoms with Crippen LogP contribution in [-0.2, 0) is 5.41 Å². The molecule has 94 valence electrons. The van der Waals surface area contributed by atoms with Crippen molar-refractivity contribution < 1.29 is 14.4 Å². The van der Waals surface area contributed by atoms with Crippen molar-refractivity contribution in [3.63, 3.8) is 0 Å². The van der Waals surface area contributed by atoms with Crippen molar-refractivity contribution in [2.75, 3.05) is 0 Å². The topological polar surface area (TPSA) is 76.2 Å². The molecule has 1 aromatic heterocycles. The zero-order chi connectivity index (χ0) is 13.3. The molecule has 5 nitrogen and oxygen atoms in total. The highest BCUT2D eigenvalue weighted by Gasteiger charge is 2.28. The predicted octanol–water partition coefficient (Wildman–Crippen LogP) is 2.40. The van der Waals surface area contributed by atoms with Gasteiger partial charge in [0.2, 0.25) is 5.89 Å². The van der Waals surface area contributed by atoms with Gasteiger partial charge in [0.1, 0.15) is 0 Å². The van der Waals surface area contributed by atoms with Crippen LogP contribution >= 0.6 is 0 Å². The molecule has 0 aliphatic carbocycles. The van der Waals surface area contributed by atoms with Gasteiger partial charge in [-0.25, -0.2) is 4.79 Å². The normalized spacial score (nSPS) is 11.5. The standard InChI is InChI=1S/C13H14N2O3/c1-8-14-12(15-18-8)13(2,3)10-6-4-9(5-7-10)11(16)17/h4-7H,1-3H3,(H,16,17). The van der Waals surface area contributed by atoms with E-state index in [2.05, 4.69) is 10.1 Å². The summed E-state index contributed by atoms with van der Waals surface area (Å²) in [7, 11) is 0. The minimum atomic E-state index is -0.935. The van der Waals surface area contributed by atoms with Crippen LogP contribution in [0.25, 0.3) is 0 Å². The molecule has 18 heavy (non-hydrogen) atoms. The Balaban J connectivity index is 2.38. The van der Waals surface area contributed by atoms with Crippen molar-refractivity contribution in [3.05, 3.63) is 47.1 Å². The molecule has 0 spiro atoms. The zero-order valence-corrected chi connectivity index (χ0v) is 10.5. The average Bonchev–Trinajstić information content (AvgIpc) is 2.76. The van der Waals surface area contributed by atoms with E-state index in [0.717, 1.165) is 5.56 Å². The summed E-state index contributed by atoms with van der Waals surface area (Å²) < 4.78 is 4.98. The second-order valence-electron chi connectivity index (χ2n) is 4.64. The summed E-state index contributed by atoms with van der Waals surface area (Å²) in [6, 6.07) is 6.70. The van der Waals surface area contributed by atoms with Crippen LogP contribution < -0.4 is 0 Å². The van der Waals surface area contributed by atoms with Crippen LogP contribution in [0.5, 0.6) is 0 Å². The fraction of sp³-hybridized carbons (Fsp3) is 0.308. The Kier molecular flexibility index (Phi) is 2.90. The molecule has 0 saturated carbocycles. The first-order valence-electron chi connectivity index (χ1n) is 5.56. The maximum absolute atomic E-state index is 10.8. The maximum Gasteiger partial charge on any atom is 0.335 e. The molecule has 5 heteroatoms. The molecule has 0 saturated heterocycles. The van der Waals surface area contributed by atoms with Crippen LogP contribution in [0, 0.1) is 6.92 Å². The molecule has 0 atom stereocenters. The van der Waals surface area contributed by atoms with E-state index in [4.69, 9.17) is 9.63 Å². The fourth-order valence-electron chi connectivity index (χ4n) is 1.71. The summed E-state index contributed by atoms with van der Waals surface area (Å²) in [6.45, 7) is 5.67. The van der Waals surface area contributed by atoms with Crippen LogP contribution in [-0.4, -0.2) is 21.2 Å². The van der Waals surface area contributed by atoms with Crippen molar-refractivity contribution in [1.82, 2.24) is 10.1 Å². The van der Waals surface area contributed by atoms with Crippen molar-refractivity contribution in [3.8, 4) is 0 Å². The first-order valence-corrected chi connectivity index (χ1v) is 5.56. The lowest BCUT2D eigenvalue weighted by Gasteiger charge is -2.21. The molecule has 0 aliphatic heterocycles. The maximum atomic E-state index is 10.8. The van der Waals surface area contributed by atoms with E-state index >= 15 is 0 Å². The van der Waals surface area contributed by atoms with Crippen LogP contribution in [0.3, 0.4) is 0 Å². The van der Waals surface area contributed by atoms with Crippen molar-refractivity contribution in [2.24, 2.45) is 0 Å². The Bertz CT molecular complexity index is 570. The summed E-state index contributed by atoms with van der Waals surface area (Å²) in [4.78, 5) is 15.0. The van der Waals surface area contributed by atoms with Gasteiger partial charge >= 0.3 is 5.97 Å². The summed E-state index contributed by atoms with van der Waals surface area (Å²) >= 11 is 0. The quantitative estimate of drug-likeness (QED) is 0.899. The molecule has 1 heterocycles. The average molecular weight is 246 g/mol. The summed E-state index contributed by atoms with van der Waals surface area (Å²) in [5.74, 6) is 0.165. The number of rotatable bonds is 3. The van der Waals surface area contributed by atoms with Gasteiger partial charge in [0.15, 0.2) is 5.82 Å². The molecule has 0 unspecified atom stereocenters. The third-order valence-corrected chi connectivity index (χ3v) is 2.94. The Labute approximate surface area is 104 Å². The number of hydrogen-bond acceptors (Lipinski definition) is 4. The molecule has 2 aromatic rings. The molecule has 0 amide bonds. The minimum Gasteiger partial charge on any atom is -0.478 e. The van der Waals surface area contributed by atoms with E-state index in [1.807, 2.05) is 13.8 Å². The molecule has 2 rings (SSSR count). The second kappa shape index (κ2) is 4.25. The number of aromatic carboxylic acids is 1. The third-order valence-electron chi connectivity index (χ3n) is 2.94. The van der Waals surface area contributed by atoms with Gasteiger partial charge in [0, 0.05) is 6.92 Å². The fourth-order valence-corrected chi connectivity index (χ4v) is 1.71. The van der Waals surface area contributed by atoms with Crippen molar-refractivity contribution >= 4 is 5.97 Å². The summed E-state index contributed by atoms with van der Waals surface area (Å²) in [5, 5.41) is 12.8. The molecule has 0 bridgehead atoms. The highest BCUT2D eigenvalue weighted by Crippen LogP contribution is 2.29. The smallest absolute Gasteiger partial charge is 0.335 e. The SMILES string of the molecule is Cc1nc(C(C)(C)c2ccc(C(=O)O)cc2)no1. The van der Waals surface area contributed by atoms with Crippen LogP contribution in [0.15, 0.2) is 28.8 Å². The molecular weight excluding hydrogens is 232 g/mol. The Morgan fingerprint density at radius 2 is 1.89 bits per heavy atom. The number of carboxylic acids is 1. The summed E-state index contributed by atoms with van der Waals surface area (Å²) in [5.41, 5.74) is 0.779. The number of hydrogen-bond donors (Lipinski definition) is 1. The lowest BCUT2D eigenvalue weighted by atomic mass is 9.83. The lowest BCUT2D eigenvalue weighted by Crippen LogP contribution is -2.21. The van der Waals surface area contributed by atoms with E-state index in [9.17, 15) is 4.79 Å². The summed E-state index contributed by atoms with van der Waals surface area (Å²) in [6.07, 6.45) is 0.